The van der Waals surface area contributed by atoms with Crippen LogP contribution in [0.3, 0.4) is 0 Å². The molecule has 4 rings (SSSR count). The summed E-state index contributed by atoms with van der Waals surface area (Å²) in [6.45, 7) is 4.19. The van der Waals surface area contributed by atoms with Crippen molar-refractivity contribution >= 4 is 22.6 Å². The molecule has 27 heavy (non-hydrogen) atoms. The van der Waals surface area contributed by atoms with Crippen molar-refractivity contribution in [1.82, 2.24) is 19.7 Å². The molecular weight excluding hydrogens is 338 g/mol. The van der Waals surface area contributed by atoms with Crippen molar-refractivity contribution in [3.05, 3.63) is 53.3 Å². The van der Waals surface area contributed by atoms with E-state index in [0.29, 0.717) is 24.3 Å². The molecule has 0 fully saturated rings. The topological polar surface area (TPSA) is 77.0 Å². The van der Waals surface area contributed by atoms with Gasteiger partial charge < -0.3 is 10.6 Å². The number of anilines is 1. The first kappa shape index (κ1) is 17.5. The fourth-order valence-electron chi connectivity index (χ4n) is 3.69. The number of pyridine rings is 1. The van der Waals surface area contributed by atoms with E-state index in [-0.39, 0.29) is 5.91 Å². The number of rotatable bonds is 7. The zero-order valence-corrected chi connectivity index (χ0v) is 15.7. The van der Waals surface area contributed by atoms with Crippen molar-refractivity contribution in [3.8, 4) is 0 Å². The molecule has 0 aliphatic carbocycles. The standard InChI is InChI=1S/C21H25N5O/c1-2-3-7-11-26-20-16(13-23-26)19(22)18-17(24-20)14-25(21(18)27)12-10-15-8-5-4-6-9-15/h4-6,8-9,13H,2-3,7,10-12,14H2,1H3,(H2,22,24). The van der Waals surface area contributed by atoms with E-state index in [0.717, 1.165) is 49.0 Å². The predicted octanol–water partition coefficient (Wildman–Crippen LogP) is 3.40. The minimum Gasteiger partial charge on any atom is -0.397 e. The Morgan fingerprint density at radius 3 is 2.74 bits per heavy atom. The third-order valence-corrected chi connectivity index (χ3v) is 5.23. The van der Waals surface area contributed by atoms with Crippen molar-refractivity contribution < 1.29 is 4.79 Å². The van der Waals surface area contributed by atoms with Gasteiger partial charge >= 0.3 is 0 Å². The van der Waals surface area contributed by atoms with Gasteiger partial charge in [-0.25, -0.2) is 9.67 Å². The SMILES string of the molecule is CCCCCn1ncc2c(N)c3c(nc21)CN(CCc1ccccc1)C3=O. The lowest BCUT2D eigenvalue weighted by Crippen LogP contribution is -2.26. The molecule has 3 aromatic rings. The highest BCUT2D eigenvalue weighted by Gasteiger charge is 2.32. The normalized spacial score (nSPS) is 13.5. The molecule has 2 N–H and O–H groups in total. The van der Waals surface area contributed by atoms with Crippen LogP contribution < -0.4 is 5.73 Å². The van der Waals surface area contributed by atoms with Crippen LogP contribution in [0.15, 0.2) is 36.5 Å². The van der Waals surface area contributed by atoms with Gasteiger partial charge in [-0.2, -0.15) is 5.10 Å². The first-order valence-corrected chi connectivity index (χ1v) is 9.66. The Balaban J connectivity index is 1.57. The molecule has 3 heterocycles. The predicted molar refractivity (Wildman–Crippen MR) is 106 cm³/mol. The molecule has 0 saturated carbocycles. The summed E-state index contributed by atoms with van der Waals surface area (Å²) in [6.07, 6.45) is 5.95. The number of carbonyl (C=O) groups excluding carboxylic acids is 1. The number of nitrogens with zero attached hydrogens (tertiary/aromatic N) is 4. The number of fused-ring (bicyclic) bond motifs is 2. The maximum atomic E-state index is 12.9. The van der Waals surface area contributed by atoms with Gasteiger partial charge in [-0.15, -0.1) is 0 Å². The van der Waals surface area contributed by atoms with Gasteiger partial charge in [-0.1, -0.05) is 50.1 Å². The summed E-state index contributed by atoms with van der Waals surface area (Å²) < 4.78 is 1.92. The van der Waals surface area contributed by atoms with Crippen molar-refractivity contribution in [3.63, 3.8) is 0 Å². The lowest BCUT2D eigenvalue weighted by Gasteiger charge is -2.15. The summed E-state index contributed by atoms with van der Waals surface area (Å²) >= 11 is 0. The number of aromatic nitrogens is 3. The number of nitrogen functional groups attached to an aromatic ring is 1. The van der Waals surface area contributed by atoms with E-state index >= 15 is 0 Å². The molecule has 0 bridgehead atoms. The summed E-state index contributed by atoms with van der Waals surface area (Å²) in [6, 6.07) is 10.2. The van der Waals surface area contributed by atoms with Gasteiger partial charge in [-0.05, 0) is 18.4 Å². The highest BCUT2D eigenvalue weighted by Crippen LogP contribution is 2.32. The van der Waals surface area contributed by atoms with E-state index in [4.69, 9.17) is 10.7 Å². The van der Waals surface area contributed by atoms with Crippen LogP contribution in [-0.4, -0.2) is 32.1 Å². The quantitative estimate of drug-likeness (QED) is 0.653. The zero-order valence-electron chi connectivity index (χ0n) is 15.7. The van der Waals surface area contributed by atoms with Crippen LogP contribution in [0.4, 0.5) is 5.69 Å². The monoisotopic (exact) mass is 363 g/mol. The minimum atomic E-state index is -0.0217. The lowest BCUT2D eigenvalue weighted by molar-refractivity contribution is 0.0780. The Labute approximate surface area is 159 Å². The van der Waals surface area contributed by atoms with E-state index < -0.39 is 0 Å². The molecule has 140 valence electrons. The molecule has 1 amide bonds. The first-order valence-electron chi connectivity index (χ1n) is 9.66. The molecule has 6 nitrogen and oxygen atoms in total. The molecular formula is C21H25N5O. The summed E-state index contributed by atoms with van der Waals surface area (Å²) in [5.74, 6) is -0.0217. The summed E-state index contributed by atoms with van der Waals surface area (Å²) in [7, 11) is 0. The number of aryl methyl sites for hydroxylation is 1. The van der Waals surface area contributed by atoms with Crippen LogP contribution in [0.25, 0.3) is 11.0 Å². The van der Waals surface area contributed by atoms with Gasteiger partial charge in [0.1, 0.15) is 0 Å². The fraction of sp³-hybridized carbons (Fsp3) is 0.381. The lowest BCUT2D eigenvalue weighted by atomic mass is 10.1. The second-order valence-corrected chi connectivity index (χ2v) is 7.12. The molecule has 0 radical (unpaired) electrons. The molecule has 0 saturated heterocycles. The Kier molecular flexibility index (Phi) is 4.79. The molecule has 6 heteroatoms. The molecule has 0 spiro atoms. The molecule has 1 aliphatic rings. The third kappa shape index (κ3) is 3.27. The molecule has 1 aromatic carbocycles. The van der Waals surface area contributed by atoms with Crippen molar-refractivity contribution in [2.75, 3.05) is 12.3 Å². The maximum Gasteiger partial charge on any atom is 0.258 e. The average molecular weight is 363 g/mol. The number of benzene rings is 1. The van der Waals surface area contributed by atoms with Gasteiger partial charge in [0.2, 0.25) is 0 Å². The largest absolute Gasteiger partial charge is 0.397 e. The molecule has 0 atom stereocenters. The second kappa shape index (κ2) is 7.39. The van der Waals surface area contributed by atoms with E-state index in [1.54, 1.807) is 6.20 Å². The molecule has 2 aromatic heterocycles. The highest BCUT2D eigenvalue weighted by molar-refractivity contribution is 6.08. The van der Waals surface area contributed by atoms with Crippen LogP contribution in [0, 0.1) is 0 Å². The Morgan fingerprint density at radius 2 is 1.96 bits per heavy atom. The molecule has 1 aliphatic heterocycles. The van der Waals surface area contributed by atoms with Crippen molar-refractivity contribution in [1.29, 1.82) is 0 Å². The highest BCUT2D eigenvalue weighted by atomic mass is 16.2. The van der Waals surface area contributed by atoms with Crippen LogP contribution in [0.1, 0.15) is 47.8 Å². The number of hydrogen-bond acceptors (Lipinski definition) is 4. The van der Waals surface area contributed by atoms with Gasteiger partial charge in [0.15, 0.2) is 5.65 Å². The van der Waals surface area contributed by atoms with Crippen molar-refractivity contribution in [2.45, 2.75) is 45.7 Å². The second-order valence-electron chi connectivity index (χ2n) is 7.12. The van der Waals surface area contributed by atoms with Crippen molar-refractivity contribution in [2.24, 2.45) is 0 Å². The zero-order chi connectivity index (χ0) is 18.8. The Bertz CT molecular complexity index is 964. The van der Waals surface area contributed by atoms with Crippen LogP contribution in [-0.2, 0) is 19.5 Å². The maximum absolute atomic E-state index is 12.9. The average Bonchev–Trinajstić information content (AvgIpc) is 3.23. The van der Waals surface area contributed by atoms with Gasteiger partial charge in [-0.3, -0.25) is 4.79 Å². The summed E-state index contributed by atoms with van der Waals surface area (Å²) in [5.41, 5.74) is 10.2. The van der Waals surface area contributed by atoms with Crippen LogP contribution in [0.2, 0.25) is 0 Å². The third-order valence-electron chi connectivity index (χ3n) is 5.23. The number of hydrogen-bond donors (Lipinski definition) is 1. The Hall–Kier alpha value is -2.89. The van der Waals surface area contributed by atoms with E-state index in [9.17, 15) is 4.79 Å². The molecule has 0 unspecified atom stereocenters. The number of unbranched alkanes of at least 4 members (excludes halogenated alkanes) is 2. The number of nitrogens with two attached hydrogens (primary N) is 1. The Morgan fingerprint density at radius 1 is 1.15 bits per heavy atom. The van der Waals surface area contributed by atoms with Crippen LogP contribution >= 0.6 is 0 Å². The number of amides is 1. The van der Waals surface area contributed by atoms with E-state index in [2.05, 4.69) is 24.2 Å². The van der Waals surface area contributed by atoms with E-state index in [1.807, 2.05) is 27.8 Å². The van der Waals surface area contributed by atoms with Gasteiger partial charge in [0.25, 0.3) is 5.91 Å². The summed E-state index contributed by atoms with van der Waals surface area (Å²) in [4.78, 5) is 19.5. The summed E-state index contributed by atoms with van der Waals surface area (Å²) in [5, 5.41) is 5.22. The van der Waals surface area contributed by atoms with Gasteiger partial charge in [0.05, 0.1) is 35.1 Å². The van der Waals surface area contributed by atoms with E-state index in [1.165, 1.54) is 5.56 Å². The minimum absolute atomic E-state index is 0.0217. The smallest absolute Gasteiger partial charge is 0.258 e. The van der Waals surface area contributed by atoms with Gasteiger partial charge in [0, 0.05) is 13.1 Å². The number of carbonyl (C=O) groups is 1. The van der Waals surface area contributed by atoms with Crippen LogP contribution in [0.5, 0.6) is 0 Å². The first-order chi connectivity index (χ1) is 13.2. The fourth-order valence-corrected chi connectivity index (χ4v) is 3.69.